The molecule has 0 saturated carbocycles. The molecule has 0 radical (unpaired) electrons. The van der Waals surface area contributed by atoms with Crippen molar-refractivity contribution in [1.82, 2.24) is 0 Å². The number of rotatable bonds is 1. The Labute approximate surface area is 94.5 Å². The second-order valence-corrected chi connectivity index (χ2v) is 4.40. The molecule has 0 saturated heterocycles. The third-order valence-corrected chi connectivity index (χ3v) is 3.81. The van der Waals surface area contributed by atoms with E-state index in [1.54, 1.807) is 6.07 Å². The van der Waals surface area contributed by atoms with Crippen molar-refractivity contribution >= 4 is 59.6 Å². The Balaban J connectivity index is 3.42. The number of hydrogen-bond donors (Lipinski definition) is 0. The lowest BCUT2D eigenvalue weighted by atomic mass is 10.3. The van der Waals surface area contributed by atoms with Crippen LogP contribution in [0.3, 0.4) is 0 Å². The molecule has 0 bridgehead atoms. The van der Waals surface area contributed by atoms with Gasteiger partial charge in [-0.05, 0) is 59.9 Å². The van der Waals surface area contributed by atoms with Crippen LogP contribution in [0.15, 0.2) is 30.5 Å². The third-order valence-electron chi connectivity index (χ3n) is 1.18. The minimum atomic E-state index is 0.541. The standard InChI is InChI=1S/C7H2Br3NO/c8-4-1-2-5(9)7(6(4)10)11-3-12/h1-2H. The van der Waals surface area contributed by atoms with Gasteiger partial charge in [-0.2, -0.15) is 4.99 Å². The molecule has 62 valence electrons. The van der Waals surface area contributed by atoms with Crippen molar-refractivity contribution in [2.45, 2.75) is 0 Å². The van der Waals surface area contributed by atoms with Crippen molar-refractivity contribution in [2.75, 3.05) is 0 Å². The van der Waals surface area contributed by atoms with Gasteiger partial charge in [-0.25, -0.2) is 4.79 Å². The number of carbonyl (C=O) groups excluding carboxylic acids is 1. The Kier molecular flexibility index (Phi) is 3.65. The van der Waals surface area contributed by atoms with E-state index < -0.39 is 0 Å². The van der Waals surface area contributed by atoms with Gasteiger partial charge in [0.25, 0.3) is 0 Å². The summed E-state index contributed by atoms with van der Waals surface area (Å²) in [6, 6.07) is 3.64. The average molecular weight is 356 g/mol. The maximum Gasteiger partial charge on any atom is 0.240 e. The van der Waals surface area contributed by atoms with Gasteiger partial charge in [0, 0.05) is 8.95 Å². The van der Waals surface area contributed by atoms with Crippen molar-refractivity contribution in [2.24, 2.45) is 4.99 Å². The van der Waals surface area contributed by atoms with Crippen LogP contribution in [0, 0.1) is 0 Å². The molecule has 0 fully saturated rings. The molecule has 0 heterocycles. The maximum atomic E-state index is 10.0. The second kappa shape index (κ2) is 4.33. The molecule has 0 atom stereocenters. The Bertz CT molecular complexity index is 358. The second-order valence-electron chi connectivity index (χ2n) is 1.89. The lowest BCUT2D eigenvalue weighted by molar-refractivity contribution is 0.565. The first-order chi connectivity index (χ1) is 5.66. The normalized spacial score (nSPS) is 9.25. The van der Waals surface area contributed by atoms with Gasteiger partial charge < -0.3 is 0 Å². The summed E-state index contributed by atoms with van der Waals surface area (Å²) in [5, 5.41) is 0. The highest BCUT2D eigenvalue weighted by Gasteiger charge is 2.06. The van der Waals surface area contributed by atoms with E-state index >= 15 is 0 Å². The number of hydrogen-bond acceptors (Lipinski definition) is 2. The Hall–Kier alpha value is 0.0400. The van der Waals surface area contributed by atoms with Crippen molar-refractivity contribution in [3.63, 3.8) is 0 Å². The van der Waals surface area contributed by atoms with Crippen LogP contribution in [0.1, 0.15) is 0 Å². The fourth-order valence-corrected chi connectivity index (χ4v) is 2.10. The molecule has 0 spiro atoms. The summed E-state index contributed by atoms with van der Waals surface area (Å²) >= 11 is 9.83. The number of benzene rings is 1. The molecule has 0 aromatic heterocycles. The largest absolute Gasteiger partial charge is 0.240 e. The highest BCUT2D eigenvalue weighted by atomic mass is 79.9. The molecular weight excluding hydrogens is 354 g/mol. The molecule has 0 unspecified atom stereocenters. The minimum absolute atomic E-state index is 0.541. The molecule has 0 aliphatic heterocycles. The van der Waals surface area contributed by atoms with E-state index in [2.05, 4.69) is 52.8 Å². The highest BCUT2D eigenvalue weighted by Crippen LogP contribution is 2.38. The number of aliphatic imine (C=N–C) groups is 1. The fraction of sp³-hybridized carbons (Fsp3) is 0. The predicted molar refractivity (Wildman–Crippen MR) is 57.3 cm³/mol. The van der Waals surface area contributed by atoms with E-state index in [0.29, 0.717) is 5.69 Å². The summed E-state index contributed by atoms with van der Waals surface area (Å²) < 4.78 is 2.33. The quantitative estimate of drug-likeness (QED) is 0.426. The molecule has 2 nitrogen and oxygen atoms in total. The van der Waals surface area contributed by atoms with Gasteiger partial charge in [0.15, 0.2) is 0 Å². The van der Waals surface area contributed by atoms with Gasteiger partial charge in [-0.1, -0.05) is 0 Å². The van der Waals surface area contributed by atoms with E-state index in [4.69, 9.17) is 0 Å². The summed E-state index contributed by atoms with van der Waals surface area (Å²) in [6.45, 7) is 0. The summed E-state index contributed by atoms with van der Waals surface area (Å²) in [5.74, 6) is 0. The number of nitrogens with zero attached hydrogens (tertiary/aromatic N) is 1. The molecule has 1 aromatic rings. The Morgan fingerprint density at radius 1 is 1.17 bits per heavy atom. The van der Waals surface area contributed by atoms with Crippen LogP contribution < -0.4 is 0 Å². The molecule has 12 heavy (non-hydrogen) atoms. The van der Waals surface area contributed by atoms with E-state index in [-0.39, 0.29) is 0 Å². The van der Waals surface area contributed by atoms with Gasteiger partial charge in [-0.3, -0.25) is 0 Å². The molecule has 0 amide bonds. The third kappa shape index (κ3) is 2.04. The molecule has 1 aromatic carbocycles. The van der Waals surface area contributed by atoms with Gasteiger partial charge in [0.2, 0.25) is 6.08 Å². The Morgan fingerprint density at radius 2 is 1.75 bits per heavy atom. The number of halogens is 3. The van der Waals surface area contributed by atoms with Gasteiger partial charge in [0.1, 0.15) is 5.69 Å². The molecule has 0 N–H and O–H groups in total. The van der Waals surface area contributed by atoms with E-state index in [9.17, 15) is 4.79 Å². The van der Waals surface area contributed by atoms with E-state index in [0.717, 1.165) is 13.4 Å². The predicted octanol–water partition coefficient (Wildman–Crippen LogP) is 3.94. The topological polar surface area (TPSA) is 29.4 Å². The van der Waals surface area contributed by atoms with Crippen molar-refractivity contribution < 1.29 is 4.79 Å². The van der Waals surface area contributed by atoms with E-state index in [1.165, 1.54) is 6.08 Å². The summed E-state index contributed by atoms with van der Waals surface area (Å²) in [6.07, 6.45) is 1.49. The van der Waals surface area contributed by atoms with Gasteiger partial charge in [0.05, 0.1) is 4.47 Å². The Morgan fingerprint density at radius 3 is 2.33 bits per heavy atom. The van der Waals surface area contributed by atoms with E-state index in [1.807, 2.05) is 6.07 Å². The van der Waals surface area contributed by atoms with Crippen molar-refractivity contribution in [3.05, 3.63) is 25.6 Å². The lowest BCUT2D eigenvalue weighted by Gasteiger charge is -2.00. The molecule has 5 heteroatoms. The molecule has 1 rings (SSSR count). The SMILES string of the molecule is O=C=Nc1c(Br)ccc(Br)c1Br. The zero-order chi connectivity index (χ0) is 9.14. The first kappa shape index (κ1) is 10.1. The van der Waals surface area contributed by atoms with Crippen LogP contribution in [0.25, 0.3) is 0 Å². The van der Waals surface area contributed by atoms with Gasteiger partial charge >= 0.3 is 0 Å². The van der Waals surface area contributed by atoms with Crippen LogP contribution >= 0.6 is 47.8 Å². The van der Waals surface area contributed by atoms with Crippen LogP contribution in [0.5, 0.6) is 0 Å². The summed E-state index contributed by atoms with van der Waals surface area (Å²) in [7, 11) is 0. The van der Waals surface area contributed by atoms with Gasteiger partial charge in [-0.15, -0.1) is 0 Å². The fourth-order valence-electron chi connectivity index (χ4n) is 0.665. The summed E-state index contributed by atoms with van der Waals surface area (Å²) in [4.78, 5) is 13.6. The van der Waals surface area contributed by atoms with Crippen LogP contribution in [0.4, 0.5) is 5.69 Å². The lowest BCUT2D eigenvalue weighted by Crippen LogP contribution is -1.73. The monoisotopic (exact) mass is 353 g/mol. The molecule has 0 aliphatic rings. The zero-order valence-corrected chi connectivity index (χ0v) is 10.4. The zero-order valence-electron chi connectivity index (χ0n) is 5.64. The van der Waals surface area contributed by atoms with Crippen molar-refractivity contribution in [3.8, 4) is 0 Å². The molecular formula is C7H2Br3NO. The highest BCUT2D eigenvalue weighted by molar-refractivity contribution is 9.13. The average Bonchev–Trinajstić information content (AvgIpc) is 2.06. The maximum absolute atomic E-state index is 10.0. The smallest absolute Gasteiger partial charge is 0.211 e. The molecule has 0 aliphatic carbocycles. The number of isocyanates is 1. The van der Waals surface area contributed by atoms with Crippen LogP contribution in [-0.2, 0) is 4.79 Å². The first-order valence-corrected chi connectivity index (χ1v) is 5.26. The minimum Gasteiger partial charge on any atom is -0.211 e. The van der Waals surface area contributed by atoms with Crippen LogP contribution in [-0.4, -0.2) is 6.08 Å². The summed E-state index contributed by atoms with van der Waals surface area (Å²) in [5.41, 5.74) is 0.541. The van der Waals surface area contributed by atoms with Crippen LogP contribution in [0.2, 0.25) is 0 Å². The van der Waals surface area contributed by atoms with Crippen molar-refractivity contribution in [1.29, 1.82) is 0 Å². The first-order valence-electron chi connectivity index (χ1n) is 2.88.